The first-order valence-corrected chi connectivity index (χ1v) is 15.8. The summed E-state index contributed by atoms with van der Waals surface area (Å²) in [4.78, 5) is 45.7. The van der Waals surface area contributed by atoms with Gasteiger partial charge in [0.15, 0.2) is 0 Å². The maximum absolute atomic E-state index is 15.1. The van der Waals surface area contributed by atoms with Crippen molar-refractivity contribution < 1.29 is 28.2 Å². The summed E-state index contributed by atoms with van der Waals surface area (Å²) in [5.41, 5.74) is 1.63. The number of amides is 3. The van der Waals surface area contributed by atoms with E-state index in [1.165, 1.54) is 19.2 Å². The Morgan fingerprint density at radius 3 is 2.16 bits per heavy atom. The maximum Gasteiger partial charge on any atom is 0.410 e. The molecule has 2 aliphatic rings. The van der Waals surface area contributed by atoms with Crippen LogP contribution in [0.2, 0.25) is 0 Å². The summed E-state index contributed by atoms with van der Waals surface area (Å²) in [6, 6.07) is 12.1. The molecule has 2 atom stereocenters. The van der Waals surface area contributed by atoms with Crippen LogP contribution < -0.4 is 4.90 Å². The number of urea groups is 1. The van der Waals surface area contributed by atoms with Crippen LogP contribution in [-0.2, 0) is 22.6 Å². The smallest absolute Gasteiger partial charge is 0.410 e. The number of nitrogens with zero attached hydrogens (tertiary/aromatic N) is 4. The molecule has 0 aliphatic carbocycles. The van der Waals surface area contributed by atoms with Crippen LogP contribution in [0, 0.1) is 5.82 Å². The molecule has 9 nitrogen and oxygen atoms in total. The van der Waals surface area contributed by atoms with Crippen molar-refractivity contribution in [3.63, 3.8) is 0 Å². The molecule has 11 heteroatoms. The molecule has 0 aromatic heterocycles. The number of piperazine rings is 1. The number of thioether (sulfide) groups is 1. The molecule has 2 aromatic carbocycles. The van der Waals surface area contributed by atoms with Gasteiger partial charge >= 0.3 is 18.1 Å². The summed E-state index contributed by atoms with van der Waals surface area (Å²) < 4.78 is 25.4. The van der Waals surface area contributed by atoms with Crippen molar-refractivity contribution in [1.29, 1.82) is 0 Å². The normalized spacial score (nSPS) is 19.6. The lowest BCUT2D eigenvalue weighted by atomic mass is 10.1. The molecule has 0 unspecified atom stereocenters. The van der Waals surface area contributed by atoms with E-state index < -0.39 is 17.4 Å². The highest BCUT2D eigenvalue weighted by Crippen LogP contribution is 2.26. The molecule has 4 rings (SSSR count). The third kappa shape index (κ3) is 8.41. The first-order valence-electron chi connectivity index (χ1n) is 14.7. The summed E-state index contributed by atoms with van der Waals surface area (Å²) >= 11 is 1.81. The van der Waals surface area contributed by atoms with Crippen LogP contribution in [0.25, 0.3) is 0 Å². The minimum Gasteiger partial charge on any atom is -0.465 e. The Morgan fingerprint density at radius 2 is 1.60 bits per heavy atom. The molecule has 2 fully saturated rings. The molecule has 0 saturated carbocycles. The van der Waals surface area contributed by atoms with Crippen molar-refractivity contribution in [1.82, 2.24) is 14.7 Å². The molecular formula is C32H43FN4O5S. The van der Waals surface area contributed by atoms with E-state index in [-0.39, 0.29) is 36.3 Å². The molecule has 2 heterocycles. The van der Waals surface area contributed by atoms with Crippen LogP contribution >= 0.6 is 11.8 Å². The third-order valence-corrected chi connectivity index (χ3v) is 8.62. The number of hydrogen-bond donors (Lipinski definition) is 0. The number of esters is 1. The van der Waals surface area contributed by atoms with E-state index in [9.17, 15) is 14.4 Å². The second kappa shape index (κ2) is 14.0. The second-order valence-corrected chi connectivity index (χ2v) is 13.4. The molecule has 0 N–H and O–H groups in total. The summed E-state index contributed by atoms with van der Waals surface area (Å²) in [7, 11) is 1.25. The zero-order valence-electron chi connectivity index (χ0n) is 26.0. The largest absolute Gasteiger partial charge is 0.465 e. The van der Waals surface area contributed by atoms with Crippen molar-refractivity contribution >= 4 is 35.5 Å². The Hall–Kier alpha value is -3.31. The number of carbonyl (C=O) groups is 3. The van der Waals surface area contributed by atoms with Gasteiger partial charge in [-0.15, -0.1) is 0 Å². The summed E-state index contributed by atoms with van der Waals surface area (Å²) in [6.07, 6.45) is -0.288. The lowest BCUT2D eigenvalue weighted by molar-refractivity contribution is -0.00967. The van der Waals surface area contributed by atoms with Gasteiger partial charge in [-0.2, -0.15) is 11.8 Å². The molecule has 234 valence electrons. The van der Waals surface area contributed by atoms with E-state index in [1.54, 1.807) is 14.7 Å². The van der Waals surface area contributed by atoms with Crippen molar-refractivity contribution in [3.8, 4) is 0 Å². The predicted molar refractivity (Wildman–Crippen MR) is 167 cm³/mol. The summed E-state index contributed by atoms with van der Waals surface area (Å²) in [5, 5.41) is 0. The van der Waals surface area contributed by atoms with Gasteiger partial charge in [-0.05, 0) is 64.4 Å². The van der Waals surface area contributed by atoms with Crippen molar-refractivity contribution in [2.75, 3.05) is 49.7 Å². The zero-order valence-corrected chi connectivity index (χ0v) is 26.8. The van der Waals surface area contributed by atoms with Gasteiger partial charge in [0.05, 0.1) is 19.2 Å². The highest BCUT2D eigenvalue weighted by atomic mass is 32.2. The minimum atomic E-state index is -0.616. The lowest BCUT2D eigenvalue weighted by Gasteiger charge is -2.44. The Labute approximate surface area is 258 Å². The Kier molecular flexibility index (Phi) is 10.6. The Bertz CT molecular complexity index is 1280. The quantitative estimate of drug-likeness (QED) is 0.391. The summed E-state index contributed by atoms with van der Waals surface area (Å²) in [6.45, 7) is 13.0. The predicted octanol–water partition coefficient (Wildman–Crippen LogP) is 5.62. The van der Waals surface area contributed by atoms with Gasteiger partial charge in [-0.1, -0.05) is 18.2 Å². The van der Waals surface area contributed by atoms with Gasteiger partial charge in [0.1, 0.15) is 11.4 Å². The number of rotatable bonds is 6. The molecule has 2 aromatic rings. The molecule has 0 bridgehead atoms. The van der Waals surface area contributed by atoms with E-state index >= 15 is 4.39 Å². The molecule has 43 heavy (non-hydrogen) atoms. The van der Waals surface area contributed by atoms with Gasteiger partial charge in [-0.3, -0.25) is 9.80 Å². The number of hydrogen-bond acceptors (Lipinski definition) is 7. The Balaban J connectivity index is 1.50. The minimum absolute atomic E-state index is 0.0236. The lowest BCUT2D eigenvalue weighted by Crippen LogP contribution is -2.58. The number of halogens is 1. The fourth-order valence-electron chi connectivity index (χ4n) is 5.42. The third-order valence-electron chi connectivity index (χ3n) is 7.68. The first-order chi connectivity index (χ1) is 20.4. The van der Waals surface area contributed by atoms with Crippen LogP contribution in [0.1, 0.15) is 56.1 Å². The molecule has 3 amide bonds. The highest BCUT2D eigenvalue weighted by Gasteiger charge is 2.34. The van der Waals surface area contributed by atoms with E-state index in [2.05, 4.69) is 18.7 Å². The molecule has 0 radical (unpaired) electrons. The van der Waals surface area contributed by atoms with Gasteiger partial charge in [0.2, 0.25) is 0 Å². The number of anilines is 1. The maximum atomic E-state index is 15.1. The van der Waals surface area contributed by atoms with Crippen molar-refractivity contribution in [2.45, 2.75) is 65.4 Å². The van der Waals surface area contributed by atoms with Gasteiger partial charge in [0.25, 0.3) is 0 Å². The first kappa shape index (κ1) is 32.6. The average molecular weight is 615 g/mol. The molecule has 2 aliphatic heterocycles. The topological polar surface area (TPSA) is 82.6 Å². The monoisotopic (exact) mass is 614 g/mol. The zero-order chi connectivity index (χ0) is 31.3. The Morgan fingerprint density at radius 1 is 0.977 bits per heavy atom. The number of ether oxygens (including phenoxy) is 2. The number of carbonyl (C=O) groups excluding carboxylic acids is 3. The van der Waals surface area contributed by atoms with E-state index in [1.807, 2.05) is 56.8 Å². The van der Waals surface area contributed by atoms with Gasteiger partial charge in [0, 0.05) is 67.6 Å². The van der Waals surface area contributed by atoms with Crippen LogP contribution in [0.4, 0.5) is 19.7 Å². The highest BCUT2D eigenvalue weighted by molar-refractivity contribution is 7.99. The number of benzene rings is 2. The standard InChI is InChI=1S/C32H43FN4O5S/c1-22-18-35(31(40)42-32(3,4)5)19-23(2)36(22)20-24-7-11-27(12-8-24)37(30(39)34-13-15-43-16-14-34)21-26-10-9-25(17-28(26)33)29(38)41-6/h7-12,17,22-23H,13-16,18-21H2,1-6H3/t22-,23+. The summed E-state index contributed by atoms with van der Waals surface area (Å²) in [5.74, 6) is 0.533. The SMILES string of the molecule is COC(=O)c1ccc(CN(C(=O)N2CCSCC2)c2ccc(CN3[C@H](C)CN(C(=O)OC(C)(C)C)C[C@@H]3C)cc2)c(F)c1. The van der Waals surface area contributed by atoms with Crippen LogP contribution in [0.5, 0.6) is 0 Å². The van der Waals surface area contributed by atoms with Gasteiger partial charge in [-0.25, -0.2) is 18.8 Å². The second-order valence-electron chi connectivity index (χ2n) is 12.2. The van der Waals surface area contributed by atoms with Gasteiger partial charge < -0.3 is 19.3 Å². The fraction of sp³-hybridized carbons (Fsp3) is 0.531. The number of methoxy groups -OCH3 is 1. The van der Waals surface area contributed by atoms with E-state index in [0.29, 0.717) is 44.0 Å². The van der Waals surface area contributed by atoms with Crippen LogP contribution in [0.3, 0.4) is 0 Å². The molecule has 0 spiro atoms. The van der Waals surface area contributed by atoms with E-state index in [4.69, 9.17) is 9.47 Å². The van der Waals surface area contributed by atoms with Crippen LogP contribution in [0.15, 0.2) is 42.5 Å². The molecular weight excluding hydrogens is 571 g/mol. The van der Waals surface area contributed by atoms with Crippen molar-refractivity contribution in [3.05, 3.63) is 65.0 Å². The van der Waals surface area contributed by atoms with E-state index in [0.717, 1.165) is 23.1 Å². The fourth-order valence-corrected chi connectivity index (χ4v) is 6.32. The van der Waals surface area contributed by atoms with Crippen LogP contribution in [-0.4, -0.2) is 95.3 Å². The van der Waals surface area contributed by atoms with Crippen molar-refractivity contribution in [2.24, 2.45) is 0 Å². The molecule has 2 saturated heterocycles. The average Bonchev–Trinajstić information content (AvgIpc) is 2.97.